The molecular weight excluding hydrogens is 193 g/mol. The van der Waals surface area contributed by atoms with Gasteiger partial charge in [0.15, 0.2) is 0 Å². The highest BCUT2D eigenvalue weighted by molar-refractivity contribution is 5.51. The summed E-state index contributed by atoms with van der Waals surface area (Å²) in [6, 6.07) is 5.67. The summed E-state index contributed by atoms with van der Waals surface area (Å²) >= 11 is 0. The van der Waals surface area contributed by atoms with Crippen molar-refractivity contribution in [3.05, 3.63) is 42.8 Å². The van der Waals surface area contributed by atoms with Gasteiger partial charge in [0, 0.05) is 0 Å². The number of benzene rings is 1. The van der Waals surface area contributed by atoms with E-state index in [4.69, 9.17) is 0 Å². The smallest absolute Gasteiger partial charge is 0.406 e. The predicted octanol–water partition coefficient (Wildman–Crippen LogP) is 3.43. The van der Waals surface area contributed by atoms with Crippen LogP contribution in [0.5, 0.6) is 5.75 Å². The third-order valence-corrected chi connectivity index (χ3v) is 1.40. The number of alkyl halides is 3. The van der Waals surface area contributed by atoms with Crippen molar-refractivity contribution in [2.24, 2.45) is 0 Å². The van der Waals surface area contributed by atoms with Gasteiger partial charge in [0.05, 0.1) is 0 Å². The molecule has 0 aliphatic carbocycles. The highest BCUT2D eigenvalue weighted by Gasteiger charge is 2.30. The van der Waals surface area contributed by atoms with Gasteiger partial charge >= 0.3 is 6.36 Å². The molecular formula is C10H8F3O. The van der Waals surface area contributed by atoms with E-state index >= 15 is 0 Å². The van der Waals surface area contributed by atoms with E-state index < -0.39 is 6.36 Å². The van der Waals surface area contributed by atoms with E-state index in [1.165, 1.54) is 24.3 Å². The van der Waals surface area contributed by atoms with Crippen molar-refractivity contribution in [3.8, 4) is 5.75 Å². The molecule has 1 nitrogen and oxygen atoms in total. The molecule has 0 saturated heterocycles. The highest BCUT2D eigenvalue weighted by Crippen LogP contribution is 2.23. The van der Waals surface area contributed by atoms with Gasteiger partial charge in [-0.1, -0.05) is 24.3 Å². The Morgan fingerprint density at radius 1 is 1.29 bits per heavy atom. The topological polar surface area (TPSA) is 9.23 Å². The SMILES string of the molecule is [CH2]C=Cc1cccc(OC(F)(F)F)c1. The number of allylic oxidation sites excluding steroid dienone is 1. The van der Waals surface area contributed by atoms with E-state index in [1.54, 1.807) is 12.1 Å². The van der Waals surface area contributed by atoms with Gasteiger partial charge in [0.2, 0.25) is 0 Å². The molecule has 1 aromatic carbocycles. The van der Waals surface area contributed by atoms with Crippen molar-refractivity contribution in [2.75, 3.05) is 0 Å². The van der Waals surface area contributed by atoms with Crippen molar-refractivity contribution in [1.29, 1.82) is 0 Å². The lowest BCUT2D eigenvalue weighted by molar-refractivity contribution is -0.274. The molecule has 0 amide bonds. The number of ether oxygens (including phenoxy) is 1. The van der Waals surface area contributed by atoms with Crippen molar-refractivity contribution < 1.29 is 17.9 Å². The van der Waals surface area contributed by atoms with Gasteiger partial charge in [-0.15, -0.1) is 13.2 Å². The molecule has 0 aromatic heterocycles. The molecule has 1 rings (SSSR count). The predicted molar refractivity (Wildman–Crippen MR) is 47.5 cm³/mol. The summed E-state index contributed by atoms with van der Waals surface area (Å²) in [6.07, 6.45) is -1.57. The molecule has 0 heterocycles. The molecule has 0 aliphatic rings. The van der Waals surface area contributed by atoms with Crippen LogP contribution in [-0.2, 0) is 0 Å². The molecule has 1 radical (unpaired) electrons. The zero-order chi connectivity index (χ0) is 10.6. The molecule has 0 aliphatic heterocycles. The maximum absolute atomic E-state index is 11.8. The summed E-state index contributed by atoms with van der Waals surface area (Å²) in [6.45, 7) is 3.44. The summed E-state index contributed by atoms with van der Waals surface area (Å²) in [5.74, 6) is -0.229. The number of hydrogen-bond donors (Lipinski definition) is 0. The summed E-state index contributed by atoms with van der Waals surface area (Å²) in [5.41, 5.74) is 0.613. The normalized spacial score (nSPS) is 12.0. The van der Waals surface area contributed by atoms with E-state index in [2.05, 4.69) is 11.7 Å². The molecule has 0 atom stereocenters. The van der Waals surface area contributed by atoms with Gasteiger partial charge < -0.3 is 4.74 Å². The third-order valence-electron chi connectivity index (χ3n) is 1.40. The molecule has 0 fully saturated rings. The van der Waals surface area contributed by atoms with Gasteiger partial charge in [0.1, 0.15) is 5.75 Å². The zero-order valence-electron chi connectivity index (χ0n) is 7.21. The lowest BCUT2D eigenvalue weighted by Crippen LogP contribution is -2.17. The summed E-state index contributed by atoms with van der Waals surface area (Å²) < 4.78 is 39.2. The van der Waals surface area contributed by atoms with E-state index in [1.807, 2.05) is 0 Å². The van der Waals surface area contributed by atoms with Gasteiger partial charge in [-0.3, -0.25) is 0 Å². The molecule has 0 N–H and O–H groups in total. The van der Waals surface area contributed by atoms with Crippen LogP contribution in [0.15, 0.2) is 30.3 Å². The fourth-order valence-electron chi connectivity index (χ4n) is 0.951. The highest BCUT2D eigenvalue weighted by atomic mass is 19.4. The average molecular weight is 201 g/mol. The fourth-order valence-corrected chi connectivity index (χ4v) is 0.951. The summed E-state index contributed by atoms with van der Waals surface area (Å²) in [7, 11) is 0. The van der Waals surface area contributed by atoms with Crippen LogP contribution in [0.3, 0.4) is 0 Å². The molecule has 14 heavy (non-hydrogen) atoms. The molecule has 0 spiro atoms. The average Bonchev–Trinajstić information content (AvgIpc) is 2.02. The first-order valence-electron chi connectivity index (χ1n) is 3.83. The van der Waals surface area contributed by atoms with Crippen molar-refractivity contribution >= 4 is 6.08 Å². The first-order chi connectivity index (χ1) is 6.51. The lowest BCUT2D eigenvalue weighted by Gasteiger charge is -2.08. The molecule has 0 unspecified atom stereocenters. The lowest BCUT2D eigenvalue weighted by atomic mass is 10.2. The standard InChI is InChI=1S/C10H8F3O/c1-2-4-8-5-3-6-9(7-8)14-10(11,12)13/h2-7H,1H2. The number of halogens is 3. The van der Waals surface area contributed by atoms with Gasteiger partial charge in [-0.2, -0.15) is 0 Å². The first kappa shape index (κ1) is 10.6. The largest absolute Gasteiger partial charge is 0.573 e. The van der Waals surface area contributed by atoms with Crippen LogP contribution in [0.25, 0.3) is 6.08 Å². The number of hydrogen-bond acceptors (Lipinski definition) is 1. The molecule has 75 valence electrons. The molecule has 1 aromatic rings. The van der Waals surface area contributed by atoms with E-state index in [-0.39, 0.29) is 5.75 Å². The fraction of sp³-hybridized carbons (Fsp3) is 0.100. The summed E-state index contributed by atoms with van der Waals surface area (Å²) in [4.78, 5) is 0. The first-order valence-corrected chi connectivity index (χ1v) is 3.83. The van der Waals surface area contributed by atoms with Gasteiger partial charge in [-0.25, -0.2) is 0 Å². The number of rotatable bonds is 2. The van der Waals surface area contributed by atoms with Crippen molar-refractivity contribution in [3.63, 3.8) is 0 Å². The maximum Gasteiger partial charge on any atom is 0.573 e. The van der Waals surface area contributed by atoms with Crippen LogP contribution in [-0.4, -0.2) is 6.36 Å². The Morgan fingerprint density at radius 3 is 2.57 bits per heavy atom. The van der Waals surface area contributed by atoms with Crippen LogP contribution in [0, 0.1) is 6.92 Å². The molecule has 0 bridgehead atoms. The minimum absolute atomic E-state index is 0.229. The Hall–Kier alpha value is -1.45. The van der Waals surface area contributed by atoms with Crippen LogP contribution < -0.4 is 4.74 Å². The van der Waals surface area contributed by atoms with E-state index in [9.17, 15) is 13.2 Å². The van der Waals surface area contributed by atoms with Gasteiger partial charge in [-0.05, 0) is 24.6 Å². The second-order valence-corrected chi connectivity index (χ2v) is 2.52. The van der Waals surface area contributed by atoms with Crippen LogP contribution in [0.1, 0.15) is 5.56 Å². The monoisotopic (exact) mass is 201 g/mol. The minimum Gasteiger partial charge on any atom is -0.406 e. The Balaban J connectivity index is 2.84. The zero-order valence-corrected chi connectivity index (χ0v) is 7.21. The molecule has 0 saturated carbocycles. The Morgan fingerprint density at radius 2 is 2.00 bits per heavy atom. The second-order valence-electron chi connectivity index (χ2n) is 2.52. The van der Waals surface area contributed by atoms with Crippen LogP contribution in [0.2, 0.25) is 0 Å². The van der Waals surface area contributed by atoms with Crippen molar-refractivity contribution in [1.82, 2.24) is 0 Å². The van der Waals surface area contributed by atoms with Crippen molar-refractivity contribution in [2.45, 2.75) is 6.36 Å². The molecule has 4 heteroatoms. The Kier molecular flexibility index (Phi) is 3.17. The summed E-state index contributed by atoms with van der Waals surface area (Å²) in [5, 5.41) is 0. The minimum atomic E-state index is -4.65. The quantitative estimate of drug-likeness (QED) is 0.712. The maximum atomic E-state index is 11.8. The van der Waals surface area contributed by atoms with E-state index in [0.29, 0.717) is 5.56 Å². The third kappa shape index (κ3) is 3.51. The second kappa shape index (κ2) is 4.17. The Labute approximate surface area is 79.8 Å². The van der Waals surface area contributed by atoms with Crippen LogP contribution in [0.4, 0.5) is 13.2 Å². The van der Waals surface area contributed by atoms with Crippen LogP contribution >= 0.6 is 0 Å². The van der Waals surface area contributed by atoms with Gasteiger partial charge in [0.25, 0.3) is 0 Å². The Bertz CT molecular complexity index is 328. The van der Waals surface area contributed by atoms with E-state index in [0.717, 1.165) is 0 Å².